The molecule has 0 spiro atoms. The van der Waals surface area contributed by atoms with Gasteiger partial charge in [-0.1, -0.05) is 39.0 Å². The molecule has 0 saturated carbocycles. The summed E-state index contributed by atoms with van der Waals surface area (Å²) in [5.41, 5.74) is 7.48. The highest BCUT2D eigenvalue weighted by Crippen LogP contribution is 2.04. The summed E-state index contributed by atoms with van der Waals surface area (Å²) in [6.45, 7) is 4.55. The lowest BCUT2D eigenvalue weighted by Crippen LogP contribution is -2.28. The molecule has 0 rings (SSSR count). The number of carbonyl (C=O) groups excluding carboxylic acids is 2. The minimum atomic E-state index is -0.730. The van der Waals surface area contributed by atoms with Crippen molar-refractivity contribution in [3.8, 4) is 0 Å². The molecule has 0 saturated heterocycles. The number of hydrogen-bond donors (Lipinski definition) is 3. The van der Waals surface area contributed by atoms with Gasteiger partial charge in [0.25, 0.3) is 0 Å². The van der Waals surface area contributed by atoms with E-state index in [2.05, 4.69) is 22.8 Å². The van der Waals surface area contributed by atoms with Crippen LogP contribution >= 0.6 is 0 Å². The van der Waals surface area contributed by atoms with E-state index in [0.717, 1.165) is 12.8 Å². The number of amides is 3. The van der Waals surface area contributed by atoms with Crippen molar-refractivity contribution in [2.45, 2.75) is 58.8 Å². The molecule has 6 nitrogen and oxygen atoms in total. The van der Waals surface area contributed by atoms with Crippen molar-refractivity contribution in [3.05, 3.63) is 0 Å². The zero-order chi connectivity index (χ0) is 14.5. The molecule has 19 heavy (non-hydrogen) atoms. The fraction of sp³-hybridized carbons (Fsp3) is 0.769. The van der Waals surface area contributed by atoms with Gasteiger partial charge in [-0.3, -0.25) is 4.79 Å². The summed E-state index contributed by atoms with van der Waals surface area (Å²) in [4.78, 5) is 21.9. The van der Waals surface area contributed by atoms with Crippen LogP contribution in [0, 0.1) is 0 Å². The number of primary amides is 1. The fourth-order valence-corrected chi connectivity index (χ4v) is 1.62. The summed E-state index contributed by atoms with van der Waals surface area (Å²) < 4.78 is 0. The van der Waals surface area contributed by atoms with E-state index in [1.54, 1.807) is 6.92 Å². The Labute approximate surface area is 115 Å². The van der Waals surface area contributed by atoms with Crippen LogP contribution in [0.15, 0.2) is 5.10 Å². The molecule has 0 bridgehead atoms. The predicted octanol–water partition coefficient (Wildman–Crippen LogP) is 1.90. The number of urea groups is 1. The first-order valence-corrected chi connectivity index (χ1v) is 6.91. The van der Waals surface area contributed by atoms with Gasteiger partial charge in [-0.2, -0.15) is 5.10 Å². The number of unbranched alkanes of at least 4 members (excludes halogenated alkanes) is 5. The van der Waals surface area contributed by atoms with Crippen LogP contribution in [0.3, 0.4) is 0 Å². The summed E-state index contributed by atoms with van der Waals surface area (Å²) in [6.07, 6.45) is 7.36. The number of carbonyl (C=O) groups is 2. The van der Waals surface area contributed by atoms with Gasteiger partial charge in [-0.05, 0) is 13.3 Å². The lowest BCUT2D eigenvalue weighted by molar-refractivity contribution is -0.119. The van der Waals surface area contributed by atoms with Crippen LogP contribution < -0.4 is 16.5 Å². The first kappa shape index (κ1) is 17.4. The molecule has 0 aliphatic rings. The number of nitrogens with one attached hydrogen (secondary N) is 2. The lowest BCUT2D eigenvalue weighted by Gasteiger charge is -2.05. The van der Waals surface area contributed by atoms with Crippen LogP contribution in [0.4, 0.5) is 4.79 Å². The van der Waals surface area contributed by atoms with Crippen molar-refractivity contribution in [3.63, 3.8) is 0 Å². The SMILES string of the molecule is CCCCCCCCNC(=O)CC(C)=NNC(N)=O. The number of hydrogen-bond acceptors (Lipinski definition) is 3. The molecule has 0 aliphatic heterocycles. The first-order chi connectivity index (χ1) is 9.06. The Hall–Kier alpha value is -1.59. The van der Waals surface area contributed by atoms with Crippen LogP contribution in [0.1, 0.15) is 58.8 Å². The van der Waals surface area contributed by atoms with E-state index >= 15 is 0 Å². The van der Waals surface area contributed by atoms with Gasteiger partial charge < -0.3 is 11.1 Å². The summed E-state index contributed by atoms with van der Waals surface area (Å²) in [5, 5.41) is 6.50. The van der Waals surface area contributed by atoms with Gasteiger partial charge in [0.1, 0.15) is 0 Å². The van der Waals surface area contributed by atoms with Crippen LogP contribution in [-0.2, 0) is 4.79 Å². The molecular formula is C13H26N4O2. The zero-order valence-electron chi connectivity index (χ0n) is 12.0. The van der Waals surface area contributed by atoms with Gasteiger partial charge in [0, 0.05) is 12.3 Å². The van der Waals surface area contributed by atoms with E-state index in [1.165, 1.54) is 25.7 Å². The summed E-state index contributed by atoms with van der Waals surface area (Å²) in [6, 6.07) is -0.730. The minimum Gasteiger partial charge on any atom is -0.356 e. The van der Waals surface area contributed by atoms with Crippen molar-refractivity contribution < 1.29 is 9.59 Å². The lowest BCUT2D eigenvalue weighted by atomic mass is 10.1. The Morgan fingerprint density at radius 1 is 1.11 bits per heavy atom. The third-order valence-corrected chi connectivity index (χ3v) is 2.63. The van der Waals surface area contributed by atoms with Gasteiger partial charge in [0.05, 0.1) is 6.42 Å². The van der Waals surface area contributed by atoms with E-state index in [0.29, 0.717) is 12.3 Å². The zero-order valence-corrected chi connectivity index (χ0v) is 12.0. The molecule has 4 N–H and O–H groups in total. The molecule has 0 aromatic rings. The standard InChI is InChI=1S/C13H26N4O2/c1-3-4-5-6-7-8-9-15-12(18)10-11(2)16-17-13(14)19/h3-10H2,1-2H3,(H,15,18)(H3,14,17,19). The van der Waals surface area contributed by atoms with Crippen LogP contribution in [-0.4, -0.2) is 24.2 Å². The quantitative estimate of drug-likeness (QED) is 0.321. The Kier molecular flexibility index (Phi) is 10.5. The molecule has 0 aliphatic carbocycles. The molecule has 0 aromatic carbocycles. The number of nitrogens with zero attached hydrogens (tertiary/aromatic N) is 1. The largest absolute Gasteiger partial charge is 0.356 e. The highest BCUT2D eigenvalue weighted by Gasteiger charge is 2.03. The summed E-state index contributed by atoms with van der Waals surface area (Å²) in [7, 11) is 0. The van der Waals surface area contributed by atoms with Gasteiger partial charge in [0.15, 0.2) is 0 Å². The second kappa shape index (κ2) is 11.5. The molecule has 6 heteroatoms. The van der Waals surface area contributed by atoms with E-state index < -0.39 is 6.03 Å². The fourth-order valence-electron chi connectivity index (χ4n) is 1.62. The number of nitrogens with two attached hydrogens (primary N) is 1. The topological polar surface area (TPSA) is 96.6 Å². The Morgan fingerprint density at radius 3 is 2.37 bits per heavy atom. The van der Waals surface area contributed by atoms with Gasteiger partial charge >= 0.3 is 6.03 Å². The van der Waals surface area contributed by atoms with E-state index in [9.17, 15) is 9.59 Å². The maximum Gasteiger partial charge on any atom is 0.332 e. The van der Waals surface area contributed by atoms with Crippen molar-refractivity contribution in [1.29, 1.82) is 0 Å². The van der Waals surface area contributed by atoms with Crippen LogP contribution in [0.5, 0.6) is 0 Å². The Morgan fingerprint density at radius 2 is 1.74 bits per heavy atom. The van der Waals surface area contributed by atoms with Gasteiger partial charge in [-0.25, -0.2) is 10.2 Å². The van der Waals surface area contributed by atoms with Gasteiger partial charge in [0.2, 0.25) is 5.91 Å². The normalized spacial score (nSPS) is 11.2. The van der Waals surface area contributed by atoms with Crippen LogP contribution in [0.2, 0.25) is 0 Å². The maximum atomic E-state index is 11.5. The third kappa shape index (κ3) is 12.7. The Bertz CT molecular complexity index is 303. The smallest absolute Gasteiger partial charge is 0.332 e. The molecule has 110 valence electrons. The van der Waals surface area contributed by atoms with Crippen molar-refractivity contribution in [2.75, 3.05) is 6.54 Å². The Balaban J connectivity index is 3.53. The molecule has 3 amide bonds. The van der Waals surface area contributed by atoms with Crippen molar-refractivity contribution >= 4 is 17.6 Å². The molecule has 0 atom stereocenters. The second-order valence-electron chi connectivity index (χ2n) is 4.62. The monoisotopic (exact) mass is 270 g/mol. The molecule has 0 fully saturated rings. The average molecular weight is 270 g/mol. The molecule has 0 radical (unpaired) electrons. The van der Waals surface area contributed by atoms with Crippen molar-refractivity contribution in [1.82, 2.24) is 10.7 Å². The van der Waals surface area contributed by atoms with E-state index in [-0.39, 0.29) is 12.3 Å². The second-order valence-corrected chi connectivity index (χ2v) is 4.62. The maximum absolute atomic E-state index is 11.5. The third-order valence-electron chi connectivity index (χ3n) is 2.63. The van der Waals surface area contributed by atoms with Crippen molar-refractivity contribution in [2.24, 2.45) is 10.8 Å². The summed E-state index contributed by atoms with van der Waals surface area (Å²) in [5.74, 6) is -0.0823. The number of rotatable bonds is 10. The predicted molar refractivity (Wildman–Crippen MR) is 76.8 cm³/mol. The molecular weight excluding hydrogens is 244 g/mol. The minimum absolute atomic E-state index is 0.0823. The first-order valence-electron chi connectivity index (χ1n) is 6.91. The molecule has 0 heterocycles. The average Bonchev–Trinajstić information content (AvgIpc) is 2.35. The number of hydrazone groups is 1. The highest BCUT2D eigenvalue weighted by molar-refractivity contribution is 6.00. The highest BCUT2D eigenvalue weighted by atomic mass is 16.2. The van der Waals surface area contributed by atoms with E-state index in [1.807, 2.05) is 0 Å². The molecule has 0 aromatic heterocycles. The van der Waals surface area contributed by atoms with Crippen LogP contribution in [0.25, 0.3) is 0 Å². The van der Waals surface area contributed by atoms with E-state index in [4.69, 9.17) is 5.73 Å². The summed E-state index contributed by atoms with van der Waals surface area (Å²) >= 11 is 0. The van der Waals surface area contributed by atoms with Gasteiger partial charge in [-0.15, -0.1) is 0 Å². The molecule has 0 unspecified atom stereocenters.